The maximum atomic E-state index is 6.16. The van der Waals surface area contributed by atoms with E-state index in [0.717, 1.165) is 36.6 Å². The molecule has 1 aromatic rings. The highest BCUT2D eigenvalue weighted by Crippen LogP contribution is 2.40. The van der Waals surface area contributed by atoms with Gasteiger partial charge in [-0.2, -0.15) is 0 Å². The first-order valence-electron chi connectivity index (χ1n) is 8.13. The van der Waals surface area contributed by atoms with E-state index in [1.54, 1.807) is 0 Å². The molecule has 2 heterocycles. The minimum Gasteiger partial charge on any atom is -0.454 e. The maximum absolute atomic E-state index is 6.16. The third kappa shape index (κ3) is 2.69. The molecule has 1 unspecified atom stereocenters. The number of ether oxygens (including phenoxy) is 3. The van der Waals surface area contributed by atoms with Gasteiger partial charge in [0.05, 0.1) is 5.60 Å². The summed E-state index contributed by atoms with van der Waals surface area (Å²) in [6.45, 7) is 1.21. The third-order valence-corrected chi connectivity index (χ3v) is 5.00. The molecule has 2 aliphatic heterocycles. The van der Waals surface area contributed by atoms with Crippen LogP contribution in [0.4, 0.5) is 5.69 Å². The predicted molar refractivity (Wildman–Crippen MR) is 81.0 cm³/mol. The number of fused-ring (bicyclic) bond motifs is 1. The number of rotatable bonds is 2. The fourth-order valence-corrected chi connectivity index (χ4v) is 3.92. The molecule has 21 heavy (non-hydrogen) atoms. The molecule has 1 spiro atoms. The second kappa shape index (κ2) is 5.41. The molecule has 1 saturated carbocycles. The zero-order chi connectivity index (χ0) is 14.1. The number of anilines is 1. The lowest BCUT2D eigenvalue weighted by molar-refractivity contribution is -0.103. The van der Waals surface area contributed by atoms with Crippen molar-refractivity contribution < 1.29 is 14.2 Å². The average molecular weight is 289 g/mol. The summed E-state index contributed by atoms with van der Waals surface area (Å²) in [5.74, 6) is 1.69. The second-order valence-corrected chi connectivity index (χ2v) is 6.49. The van der Waals surface area contributed by atoms with Gasteiger partial charge in [-0.15, -0.1) is 0 Å². The molecule has 1 atom stereocenters. The van der Waals surface area contributed by atoms with Crippen LogP contribution in [-0.4, -0.2) is 25.0 Å². The third-order valence-electron chi connectivity index (χ3n) is 5.00. The first kappa shape index (κ1) is 13.3. The Bertz CT molecular complexity index is 505. The number of benzene rings is 1. The lowest BCUT2D eigenvalue weighted by atomic mass is 9.78. The van der Waals surface area contributed by atoms with E-state index < -0.39 is 0 Å². The molecule has 1 aliphatic carbocycles. The largest absolute Gasteiger partial charge is 0.454 e. The fourth-order valence-electron chi connectivity index (χ4n) is 3.92. The minimum atomic E-state index is 0.143. The van der Waals surface area contributed by atoms with Gasteiger partial charge in [-0.1, -0.05) is 19.3 Å². The normalized spacial score (nSPS) is 26.8. The molecule has 0 aromatic heterocycles. The number of nitrogens with one attached hydrogen (secondary N) is 1. The van der Waals surface area contributed by atoms with E-state index in [1.807, 2.05) is 12.1 Å². The van der Waals surface area contributed by atoms with Crippen molar-refractivity contribution in [2.75, 3.05) is 18.7 Å². The summed E-state index contributed by atoms with van der Waals surface area (Å²) < 4.78 is 17.0. The topological polar surface area (TPSA) is 39.7 Å². The Kier molecular flexibility index (Phi) is 3.42. The van der Waals surface area contributed by atoms with Gasteiger partial charge in [-0.25, -0.2) is 0 Å². The zero-order valence-corrected chi connectivity index (χ0v) is 12.4. The van der Waals surface area contributed by atoms with Crippen LogP contribution in [0, 0.1) is 0 Å². The Balaban J connectivity index is 1.44. The smallest absolute Gasteiger partial charge is 0.231 e. The van der Waals surface area contributed by atoms with E-state index in [9.17, 15) is 0 Å². The second-order valence-electron chi connectivity index (χ2n) is 6.49. The van der Waals surface area contributed by atoms with E-state index in [4.69, 9.17) is 14.2 Å². The summed E-state index contributed by atoms with van der Waals surface area (Å²) in [7, 11) is 0. The molecule has 114 valence electrons. The van der Waals surface area contributed by atoms with Crippen molar-refractivity contribution in [2.24, 2.45) is 0 Å². The van der Waals surface area contributed by atoms with E-state index in [1.165, 1.54) is 32.1 Å². The molecule has 1 N–H and O–H groups in total. The van der Waals surface area contributed by atoms with Gasteiger partial charge in [0.1, 0.15) is 0 Å². The predicted octanol–water partition coefficient (Wildman–Crippen LogP) is 3.71. The summed E-state index contributed by atoms with van der Waals surface area (Å²) >= 11 is 0. The van der Waals surface area contributed by atoms with Crippen molar-refractivity contribution in [2.45, 2.75) is 56.6 Å². The molecule has 1 saturated heterocycles. The zero-order valence-electron chi connectivity index (χ0n) is 12.4. The first-order chi connectivity index (χ1) is 10.3. The highest BCUT2D eigenvalue weighted by molar-refractivity contribution is 5.56. The van der Waals surface area contributed by atoms with Crippen LogP contribution in [0.5, 0.6) is 11.5 Å². The highest BCUT2D eigenvalue weighted by atomic mass is 16.7. The Morgan fingerprint density at radius 1 is 1.05 bits per heavy atom. The monoisotopic (exact) mass is 289 g/mol. The van der Waals surface area contributed by atoms with Gasteiger partial charge < -0.3 is 19.5 Å². The molecule has 4 rings (SSSR count). The van der Waals surface area contributed by atoms with Gasteiger partial charge in [0, 0.05) is 24.4 Å². The van der Waals surface area contributed by atoms with Crippen LogP contribution in [0.1, 0.15) is 44.9 Å². The summed E-state index contributed by atoms with van der Waals surface area (Å²) in [6, 6.07) is 6.61. The maximum Gasteiger partial charge on any atom is 0.231 e. The number of hydrogen-bond donors (Lipinski definition) is 1. The van der Waals surface area contributed by atoms with E-state index in [-0.39, 0.29) is 5.60 Å². The van der Waals surface area contributed by atoms with Crippen molar-refractivity contribution in [1.29, 1.82) is 0 Å². The highest BCUT2D eigenvalue weighted by Gasteiger charge is 2.38. The Morgan fingerprint density at radius 3 is 2.81 bits per heavy atom. The van der Waals surface area contributed by atoms with Gasteiger partial charge in [-0.3, -0.25) is 0 Å². The molecular formula is C17H23NO3. The molecular weight excluding hydrogens is 266 g/mol. The first-order valence-corrected chi connectivity index (χ1v) is 8.13. The SMILES string of the molecule is c1cc2c(cc1NC1CCOC3(CCCCC3)C1)OCO2. The van der Waals surface area contributed by atoms with Crippen LogP contribution < -0.4 is 14.8 Å². The lowest BCUT2D eigenvalue weighted by Gasteiger charge is -2.44. The molecule has 1 aromatic carbocycles. The van der Waals surface area contributed by atoms with Crippen LogP contribution in [0.3, 0.4) is 0 Å². The molecule has 4 heteroatoms. The quantitative estimate of drug-likeness (QED) is 0.901. The molecule has 0 amide bonds. The van der Waals surface area contributed by atoms with Crippen LogP contribution in [0.15, 0.2) is 18.2 Å². The molecule has 3 aliphatic rings. The van der Waals surface area contributed by atoms with Crippen molar-refractivity contribution in [3.05, 3.63) is 18.2 Å². The summed E-state index contributed by atoms with van der Waals surface area (Å²) in [5, 5.41) is 3.67. The van der Waals surface area contributed by atoms with Gasteiger partial charge in [0.2, 0.25) is 6.79 Å². The molecule has 0 bridgehead atoms. The van der Waals surface area contributed by atoms with Crippen LogP contribution in [0.25, 0.3) is 0 Å². The Labute approximate surface area is 125 Å². The van der Waals surface area contributed by atoms with E-state index in [0.29, 0.717) is 12.8 Å². The summed E-state index contributed by atoms with van der Waals surface area (Å²) in [6.07, 6.45) is 8.66. The van der Waals surface area contributed by atoms with E-state index >= 15 is 0 Å². The Hall–Kier alpha value is -1.42. The van der Waals surface area contributed by atoms with Crippen LogP contribution in [0.2, 0.25) is 0 Å². The van der Waals surface area contributed by atoms with Gasteiger partial charge in [0.25, 0.3) is 0 Å². The molecule has 0 radical (unpaired) electrons. The van der Waals surface area contributed by atoms with Crippen molar-refractivity contribution in [3.63, 3.8) is 0 Å². The summed E-state index contributed by atoms with van der Waals surface area (Å²) in [5.41, 5.74) is 1.27. The lowest BCUT2D eigenvalue weighted by Crippen LogP contribution is -2.45. The summed E-state index contributed by atoms with van der Waals surface area (Å²) in [4.78, 5) is 0. The average Bonchev–Trinajstić information content (AvgIpc) is 2.96. The van der Waals surface area contributed by atoms with Crippen molar-refractivity contribution in [3.8, 4) is 11.5 Å². The minimum absolute atomic E-state index is 0.143. The van der Waals surface area contributed by atoms with Crippen LogP contribution in [-0.2, 0) is 4.74 Å². The molecule has 2 fully saturated rings. The standard InChI is InChI=1S/C17H23NO3/c1-2-7-17(8-3-1)11-14(6-9-21-17)18-13-4-5-15-16(10-13)20-12-19-15/h4-5,10,14,18H,1-3,6-9,11-12H2. The van der Waals surface area contributed by atoms with Gasteiger partial charge in [0.15, 0.2) is 11.5 Å². The number of hydrogen-bond acceptors (Lipinski definition) is 4. The van der Waals surface area contributed by atoms with Crippen molar-refractivity contribution >= 4 is 5.69 Å². The van der Waals surface area contributed by atoms with Crippen LogP contribution >= 0.6 is 0 Å². The van der Waals surface area contributed by atoms with E-state index in [2.05, 4.69) is 11.4 Å². The van der Waals surface area contributed by atoms with Crippen molar-refractivity contribution in [1.82, 2.24) is 0 Å². The fraction of sp³-hybridized carbons (Fsp3) is 0.647. The Morgan fingerprint density at radius 2 is 1.90 bits per heavy atom. The van der Waals surface area contributed by atoms with Gasteiger partial charge in [-0.05, 0) is 37.8 Å². The molecule has 4 nitrogen and oxygen atoms in total. The van der Waals surface area contributed by atoms with Gasteiger partial charge >= 0.3 is 0 Å².